The Bertz CT molecular complexity index is 1160. The Hall–Kier alpha value is -2.98. The lowest BCUT2D eigenvalue weighted by Gasteiger charge is -2.29. The van der Waals surface area contributed by atoms with Crippen LogP contribution in [0.2, 0.25) is 5.02 Å². The summed E-state index contributed by atoms with van der Waals surface area (Å²) in [6.07, 6.45) is 3.81. The lowest BCUT2D eigenvalue weighted by atomic mass is 10.0. The number of anilines is 2. The molecule has 3 aromatic rings. The first-order valence-corrected chi connectivity index (χ1v) is 11.5. The number of halogens is 1. The average molecular weight is 500 g/mol. The number of aromatic nitrogens is 2. The molecule has 0 radical (unpaired) electrons. The predicted molar refractivity (Wildman–Crippen MR) is 136 cm³/mol. The third-order valence-corrected chi connectivity index (χ3v) is 6.21. The van der Waals surface area contributed by atoms with Gasteiger partial charge in [0.15, 0.2) is 5.11 Å². The largest absolute Gasteiger partial charge is 0.383 e. The van der Waals surface area contributed by atoms with Gasteiger partial charge in [0.2, 0.25) is 5.91 Å². The molecule has 1 saturated heterocycles. The van der Waals surface area contributed by atoms with Gasteiger partial charge in [0.25, 0.3) is 0 Å². The second-order valence-electron chi connectivity index (χ2n) is 7.76. The van der Waals surface area contributed by atoms with Crippen molar-refractivity contribution in [3.63, 3.8) is 0 Å². The summed E-state index contributed by atoms with van der Waals surface area (Å²) in [6, 6.07) is 15.0. The van der Waals surface area contributed by atoms with E-state index in [9.17, 15) is 4.79 Å². The van der Waals surface area contributed by atoms with Crippen molar-refractivity contribution < 1.29 is 14.3 Å². The van der Waals surface area contributed by atoms with E-state index in [-0.39, 0.29) is 24.6 Å². The van der Waals surface area contributed by atoms with Crippen LogP contribution in [0.1, 0.15) is 23.5 Å². The molecule has 0 spiro atoms. The highest BCUT2D eigenvalue weighted by Crippen LogP contribution is 2.42. The number of carbonyl (C=O) groups excluding carboxylic acids is 1. The number of pyridine rings is 1. The molecule has 2 aromatic heterocycles. The molecule has 0 aliphatic carbocycles. The van der Waals surface area contributed by atoms with Gasteiger partial charge in [-0.25, -0.2) is 0 Å². The Kier molecular flexibility index (Phi) is 7.79. The minimum Gasteiger partial charge on any atom is -0.383 e. The fraction of sp³-hybridized carbons (Fsp3) is 0.292. The van der Waals surface area contributed by atoms with Crippen LogP contribution in [0, 0.1) is 0 Å². The summed E-state index contributed by atoms with van der Waals surface area (Å²) in [5.74, 6) is -0.278. The summed E-state index contributed by atoms with van der Waals surface area (Å²) in [5.41, 5.74) is 3.25. The highest BCUT2D eigenvalue weighted by atomic mass is 35.5. The van der Waals surface area contributed by atoms with E-state index < -0.39 is 0 Å². The molecule has 1 fully saturated rings. The monoisotopic (exact) mass is 499 g/mol. The zero-order chi connectivity index (χ0) is 24.1. The number of benzene rings is 1. The maximum atomic E-state index is 11.9. The normalized spacial score (nSPS) is 17.6. The van der Waals surface area contributed by atoms with Gasteiger partial charge in [0, 0.05) is 44.5 Å². The van der Waals surface area contributed by atoms with Crippen molar-refractivity contribution in [1.82, 2.24) is 14.9 Å². The van der Waals surface area contributed by atoms with Crippen LogP contribution < -0.4 is 15.5 Å². The van der Waals surface area contributed by atoms with Gasteiger partial charge in [0.1, 0.15) is 12.6 Å². The van der Waals surface area contributed by atoms with Gasteiger partial charge >= 0.3 is 0 Å². The molecule has 3 heterocycles. The van der Waals surface area contributed by atoms with E-state index in [0.29, 0.717) is 29.0 Å². The fourth-order valence-corrected chi connectivity index (χ4v) is 4.66. The smallest absolute Gasteiger partial charge is 0.250 e. The third kappa shape index (κ3) is 5.07. The first kappa shape index (κ1) is 24.2. The molecular weight excluding hydrogens is 474 g/mol. The summed E-state index contributed by atoms with van der Waals surface area (Å²) in [7, 11) is 3.15. The molecule has 4 rings (SSSR count). The number of nitrogens with one attached hydrogen (secondary N) is 2. The van der Waals surface area contributed by atoms with Gasteiger partial charge in [-0.15, -0.1) is 0 Å². The van der Waals surface area contributed by atoms with Crippen LogP contribution in [-0.2, 0) is 20.8 Å². The SMILES string of the molecule is COCCn1cccc1[C@@H]1[C@H](c2ccccn2)NC(=S)N1c1ccc(NC(=O)COC)c(Cl)c1. The molecule has 1 aliphatic rings. The van der Waals surface area contributed by atoms with Crippen LogP contribution in [0.4, 0.5) is 11.4 Å². The van der Waals surface area contributed by atoms with Crippen molar-refractivity contribution in [2.75, 3.05) is 37.7 Å². The highest BCUT2D eigenvalue weighted by Gasteiger charge is 2.42. The molecule has 0 bridgehead atoms. The van der Waals surface area contributed by atoms with Crippen LogP contribution in [0.25, 0.3) is 0 Å². The van der Waals surface area contributed by atoms with E-state index in [1.165, 1.54) is 7.11 Å². The van der Waals surface area contributed by atoms with Crippen LogP contribution in [-0.4, -0.2) is 48.0 Å². The summed E-state index contributed by atoms with van der Waals surface area (Å²) in [4.78, 5) is 18.6. The van der Waals surface area contributed by atoms with E-state index in [2.05, 4.69) is 26.3 Å². The van der Waals surface area contributed by atoms with E-state index in [1.54, 1.807) is 25.4 Å². The first-order valence-electron chi connectivity index (χ1n) is 10.8. The molecule has 178 valence electrons. The second-order valence-corrected chi connectivity index (χ2v) is 8.56. The minimum absolute atomic E-state index is 0.0511. The summed E-state index contributed by atoms with van der Waals surface area (Å²) >= 11 is 12.3. The Balaban J connectivity index is 1.73. The third-order valence-electron chi connectivity index (χ3n) is 5.58. The topological polar surface area (TPSA) is 80.7 Å². The quantitative estimate of drug-likeness (QED) is 0.431. The van der Waals surface area contributed by atoms with Crippen molar-refractivity contribution in [3.8, 4) is 0 Å². The molecule has 1 amide bonds. The summed E-state index contributed by atoms with van der Waals surface area (Å²) in [6.45, 7) is 1.24. The molecule has 0 unspecified atom stereocenters. The van der Waals surface area contributed by atoms with Crippen molar-refractivity contribution in [3.05, 3.63) is 77.3 Å². The lowest BCUT2D eigenvalue weighted by molar-refractivity contribution is -0.119. The zero-order valence-corrected chi connectivity index (χ0v) is 20.5. The Labute approximate surface area is 208 Å². The average Bonchev–Trinajstić information content (AvgIpc) is 3.43. The Morgan fingerprint density at radius 3 is 2.76 bits per heavy atom. The van der Waals surface area contributed by atoms with Gasteiger partial charge in [-0.05, 0) is 54.7 Å². The molecule has 10 heteroatoms. The van der Waals surface area contributed by atoms with Crippen molar-refractivity contribution in [2.45, 2.75) is 18.6 Å². The Morgan fingerprint density at radius 1 is 1.21 bits per heavy atom. The van der Waals surface area contributed by atoms with Gasteiger partial charge in [-0.2, -0.15) is 0 Å². The van der Waals surface area contributed by atoms with E-state index in [4.69, 9.17) is 33.3 Å². The van der Waals surface area contributed by atoms with Crippen LogP contribution in [0.3, 0.4) is 0 Å². The summed E-state index contributed by atoms with van der Waals surface area (Å²) in [5, 5.41) is 7.16. The standard InChI is InChI=1S/C24H26ClN5O3S/c1-32-13-12-29-11-5-7-20(29)23-22(19-6-3-4-10-26-19)28-24(34)30(23)16-8-9-18(17(25)14-16)27-21(31)15-33-2/h3-11,14,22-23H,12-13,15H2,1-2H3,(H,27,31)(H,28,34)/t22-,23+/m0/s1. The highest BCUT2D eigenvalue weighted by molar-refractivity contribution is 7.80. The number of thiocarbonyl (C=S) groups is 1. The van der Waals surface area contributed by atoms with Crippen molar-refractivity contribution >= 4 is 46.2 Å². The number of amides is 1. The number of hydrogen-bond donors (Lipinski definition) is 2. The molecule has 2 N–H and O–H groups in total. The van der Waals surface area contributed by atoms with Crippen LogP contribution in [0.5, 0.6) is 0 Å². The van der Waals surface area contributed by atoms with Crippen molar-refractivity contribution in [2.24, 2.45) is 0 Å². The minimum atomic E-state index is -0.278. The second kappa shape index (κ2) is 11.0. The van der Waals surface area contributed by atoms with Gasteiger partial charge < -0.3 is 29.6 Å². The lowest BCUT2D eigenvalue weighted by Crippen LogP contribution is -2.30. The maximum absolute atomic E-state index is 11.9. The molecular formula is C24H26ClN5O3S. The molecule has 2 atom stereocenters. The fourth-order valence-electron chi connectivity index (χ4n) is 4.10. The summed E-state index contributed by atoms with van der Waals surface area (Å²) < 4.78 is 12.3. The van der Waals surface area contributed by atoms with Crippen LogP contribution in [0.15, 0.2) is 60.9 Å². The maximum Gasteiger partial charge on any atom is 0.250 e. The number of rotatable bonds is 9. The van der Waals surface area contributed by atoms with E-state index in [1.807, 2.05) is 41.4 Å². The van der Waals surface area contributed by atoms with E-state index in [0.717, 1.165) is 17.1 Å². The predicted octanol–water partition coefficient (Wildman–Crippen LogP) is 3.94. The first-order chi connectivity index (χ1) is 16.5. The van der Waals surface area contributed by atoms with Crippen molar-refractivity contribution in [1.29, 1.82) is 0 Å². The van der Waals surface area contributed by atoms with Crippen LogP contribution >= 0.6 is 23.8 Å². The molecule has 8 nitrogen and oxygen atoms in total. The number of ether oxygens (including phenoxy) is 2. The molecule has 1 aliphatic heterocycles. The number of carbonyl (C=O) groups is 1. The number of hydrogen-bond acceptors (Lipinski definition) is 5. The van der Waals surface area contributed by atoms with Gasteiger partial charge in [0.05, 0.1) is 29.1 Å². The molecule has 1 aromatic carbocycles. The molecule has 34 heavy (non-hydrogen) atoms. The van der Waals surface area contributed by atoms with Gasteiger partial charge in [-0.3, -0.25) is 9.78 Å². The zero-order valence-electron chi connectivity index (χ0n) is 18.9. The Morgan fingerprint density at radius 2 is 2.06 bits per heavy atom. The van der Waals surface area contributed by atoms with Gasteiger partial charge in [-0.1, -0.05) is 17.7 Å². The molecule has 0 saturated carbocycles. The number of nitrogens with zero attached hydrogens (tertiary/aromatic N) is 3. The number of methoxy groups -OCH3 is 2. The van der Waals surface area contributed by atoms with E-state index >= 15 is 0 Å².